The van der Waals surface area contributed by atoms with Gasteiger partial charge in [0, 0.05) is 12.2 Å². The van der Waals surface area contributed by atoms with Crippen LogP contribution in [0.4, 0.5) is 5.95 Å². The average Bonchev–Trinajstić information content (AvgIpc) is 2.95. The fourth-order valence-electron chi connectivity index (χ4n) is 1.82. The molecule has 118 valence electrons. The monoisotopic (exact) mass is 306 g/mol. The number of carbonyl (C=O) groups excluding carboxylic acids is 1. The molecule has 0 aromatic carbocycles. The molecule has 0 saturated carbocycles. The molecule has 0 saturated heterocycles. The standard InChI is InChI=1S/C13H18N6O3/c1-8(7-19-5-4-9(18-19)12(14)20)15-13-16-10(21-2)6-11(17-13)22-3/h4-6,8H,7H2,1-3H3,(H2,14,20)(H,15,16,17)/t8-/m1/s1. The second-order valence-electron chi connectivity index (χ2n) is 4.61. The van der Waals surface area contributed by atoms with Gasteiger partial charge in [-0.1, -0.05) is 0 Å². The third-order valence-electron chi connectivity index (χ3n) is 2.83. The van der Waals surface area contributed by atoms with Crippen molar-refractivity contribution < 1.29 is 14.3 Å². The third-order valence-corrected chi connectivity index (χ3v) is 2.83. The molecule has 3 N–H and O–H groups in total. The van der Waals surface area contributed by atoms with E-state index in [1.54, 1.807) is 23.0 Å². The summed E-state index contributed by atoms with van der Waals surface area (Å²) in [6.07, 6.45) is 1.69. The summed E-state index contributed by atoms with van der Waals surface area (Å²) in [7, 11) is 3.04. The van der Waals surface area contributed by atoms with Gasteiger partial charge < -0.3 is 20.5 Å². The number of carbonyl (C=O) groups is 1. The summed E-state index contributed by atoms with van der Waals surface area (Å²) in [5, 5.41) is 7.19. The summed E-state index contributed by atoms with van der Waals surface area (Å²) < 4.78 is 11.8. The highest BCUT2D eigenvalue weighted by molar-refractivity contribution is 5.90. The Kier molecular flexibility index (Phi) is 4.77. The van der Waals surface area contributed by atoms with Crippen LogP contribution in [-0.4, -0.2) is 45.9 Å². The number of nitrogens with one attached hydrogen (secondary N) is 1. The maximum atomic E-state index is 11.0. The summed E-state index contributed by atoms with van der Waals surface area (Å²) >= 11 is 0. The van der Waals surface area contributed by atoms with Crippen molar-refractivity contribution >= 4 is 11.9 Å². The number of hydrogen-bond acceptors (Lipinski definition) is 7. The van der Waals surface area contributed by atoms with Crippen LogP contribution in [0.1, 0.15) is 17.4 Å². The lowest BCUT2D eigenvalue weighted by Gasteiger charge is -2.14. The number of ether oxygens (including phenoxy) is 2. The van der Waals surface area contributed by atoms with E-state index < -0.39 is 5.91 Å². The predicted octanol–water partition coefficient (Wildman–Crippen LogP) is 0.290. The molecule has 0 radical (unpaired) electrons. The molecule has 2 rings (SSSR count). The van der Waals surface area contributed by atoms with Gasteiger partial charge in [-0.3, -0.25) is 9.48 Å². The van der Waals surface area contributed by atoms with Crippen LogP contribution in [0.2, 0.25) is 0 Å². The molecular formula is C13H18N6O3. The van der Waals surface area contributed by atoms with Crippen molar-refractivity contribution in [1.82, 2.24) is 19.7 Å². The van der Waals surface area contributed by atoms with E-state index in [1.807, 2.05) is 6.92 Å². The molecule has 2 aromatic heterocycles. The Morgan fingerprint density at radius 3 is 2.50 bits per heavy atom. The Labute approximate surface area is 127 Å². The Bertz CT molecular complexity index is 635. The zero-order chi connectivity index (χ0) is 16.1. The summed E-state index contributed by atoms with van der Waals surface area (Å²) in [6.45, 7) is 2.44. The van der Waals surface area contributed by atoms with Gasteiger partial charge in [-0.25, -0.2) is 0 Å². The lowest BCUT2D eigenvalue weighted by atomic mass is 10.3. The van der Waals surface area contributed by atoms with Gasteiger partial charge in [-0.05, 0) is 13.0 Å². The van der Waals surface area contributed by atoms with Crippen molar-refractivity contribution in [3.63, 3.8) is 0 Å². The Morgan fingerprint density at radius 1 is 1.36 bits per heavy atom. The zero-order valence-electron chi connectivity index (χ0n) is 12.6. The summed E-state index contributed by atoms with van der Waals surface area (Å²) in [6, 6.07) is 3.11. The van der Waals surface area contributed by atoms with Crippen molar-refractivity contribution in [2.24, 2.45) is 5.73 Å². The smallest absolute Gasteiger partial charge is 0.269 e. The van der Waals surface area contributed by atoms with Gasteiger partial charge in [-0.2, -0.15) is 15.1 Å². The van der Waals surface area contributed by atoms with Gasteiger partial charge >= 0.3 is 0 Å². The predicted molar refractivity (Wildman–Crippen MR) is 79.0 cm³/mol. The molecule has 0 unspecified atom stereocenters. The number of rotatable bonds is 7. The topological polar surface area (TPSA) is 117 Å². The van der Waals surface area contributed by atoms with E-state index in [0.29, 0.717) is 24.3 Å². The first-order chi connectivity index (χ1) is 10.5. The maximum absolute atomic E-state index is 11.0. The Hall–Kier alpha value is -2.84. The molecule has 0 spiro atoms. The molecule has 0 aliphatic heterocycles. The van der Waals surface area contributed by atoms with E-state index >= 15 is 0 Å². The van der Waals surface area contributed by atoms with Crippen molar-refractivity contribution in [3.8, 4) is 11.8 Å². The Balaban J connectivity index is 2.04. The second kappa shape index (κ2) is 6.74. The number of nitrogens with two attached hydrogens (primary N) is 1. The van der Waals surface area contributed by atoms with Gasteiger partial charge in [0.1, 0.15) is 5.69 Å². The lowest BCUT2D eigenvalue weighted by molar-refractivity contribution is 0.0994. The largest absolute Gasteiger partial charge is 0.481 e. The Morgan fingerprint density at radius 2 is 2.00 bits per heavy atom. The van der Waals surface area contributed by atoms with Crippen LogP contribution in [0.25, 0.3) is 0 Å². The highest BCUT2D eigenvalue weighted by Gasteiger charge is 2.11. The highest BCUT2D eigenvalue weighted by Crippen LogP contribution is 2.17. The normalized spacial score (nSPS) is 11.8. The highest BCUT2D eigenvalue weighted by atomic mass is 16.5. The van der Waals surface area contributed by atoms with Crippen molar-refractivity contribution in [2.75, 3.05) is 19.5 Å². The molecule has 1 atom stereocenters. The lowest BCUT2D eigenvalue weighted by Crippen LogP contribution is -2.24. The summed E-state index contributed by atoms with van der Waals surface area (Å²) in [4.78, 5) is 19.4. The SMILES string of the molecule is COc1cc(OC)nc(N[C@H](C)Cn2ccc(C(N)=O)n2)n1. The fraction of sp³-hybridized carbons (Fsp3) is 0.385. The van der Waals surface area contributed by atoms with E-state index in [-0.39, 0.29) is 11.7 Å². The van der Waals surface area contributed by atoms with Crippen LogP contribution in [-0.2, 0) is 6.54 Å². The fourth-order valence-corrected chi connectivity index (χ4v) is 1.82. The molecule has 0 bridgehead atoms. The van der Waals surface area contributed by atoms with Crippen molar-refractivity contribution in [1.29, 1.82) is 0 Å². The van der Waals surface area contributed by atoms with Crippen molar-refractivity contribution in [2.45, 2.75) is 19.5 Å². The van der Waals surface area contributed by atoms with E-state index in [0.717, 1.165) is 0 Å². The molecule has 2 heterocycles. The number of nitrogens with zero attached hydrogens (tertiary/aromatic N) is 4. The first-order valence-electron chi connectivity index (χ1n) is 6.58. The second-order valence-corrected chi connectivity index (χ2v) is 4.61. The molecule has 0 aliphatic carbocycles. The molecule has 9 heteroatoms. The van der Waals surface area contributed by atoms with Crippen LogP contribution < -0.4 is 20.5 Å². The minimum Gasteiger partial charge on any atom is -0.481 e. The van der Waals surface area contributed by atoms with E-state index in [2.05, 4.69) is 20.4 Å². The molecule has 0 aliphatic rings. The quantitative estimate of drug-likeness (QED) is 0.755. The maximum Gasteiger partial charge on any atom is 0.269 e. The number of aromatic nitrogens is 4. The minimum absolute atomic E-state index is 0.0440. The molecule has 22 heavy (non-hydrogen) atoms. The first-order valence-corrected chi connectivity index (χ1v) is 6.58. The van der Waals surface area contributed by atoms with Gasteiger partial charge in [0.15, 0.2) is 0 Å². The summed E-state index contributed by atoms with van der Waals surface area (Å²) in [5.41, 5.74) is 5.40. The van der Waals surface area contributed by atoms with E-state index in [1.165, 1.54) is 14.2 Å². The third kappa shape index (κ3) is 3.84. The molecule has 2 aromatic rings. The van der Waals surface area contributed by atoms with Crippen LogP contribution in [0.3, 0.4) is 0 Å². The first kappa shape index (κ1) is 15.5. The number of primary amides is 1. The van der Waals surface area contributed by atoms with Crippen LogP contribution >= 0.6 is 0 Å². The number of methoxy groups -OCH3 is 2. The minimum atomic E-state index is -0.555. The van der Waals surface area contributed by atoms with Gasteiger partial charge in [0.05, 0.1) is 26.8 Å². The van der Waals surface area contributed by atoms with E-state index in [4.69, 9.17) is 15.2 Å². The number of amides is 1. The van der Waals surface area contributed by atoms with Crippen LogP contribution in [0, 0.1) is 0 Å². The summed E-state index contributed by atoms with van der Waals surface area (Å²) in [5.74, 6) is 0.625. The van der Waals surface area contributed by atoms with Gasteiger partial charge in [0.2, 0.25) is 17.7 Å². The number of hydrogen-bond donors (Lipinski definition) is 2. The number of anilines is 1. The van der Waals surface area contributed by atoms with Gasteiger partial charge in [0.25, 0.3) is 5.91 Å². The molecular weight excluding hydrogens is 288 g/mol. The van der Waals surface area contributed by atoms with Gasteiger partial charge in [-0.15, -0.1) is 0 Å². The van der Waals surface area contributed by atoms with Crippen LogP contribution in [0.15, 0.2) is 18.3 Å². The average molecular weight is 306 g/mol. The zero-order valence-corrected chi connectivity index (χ0v) is 12.6. The van der Waals surface area contributed by atoms with Crippen LogP contribution in [0.5, 0.6) is 11.8 Å². The van der Waals surface area contributed by atoms with E-state index in [9.17, 15) is 4.79 Å². The molecule has 9 nitrogen and oxygen atoms in total. The molecule has 1 amide bonds. The van der Waals surface area contributed by atoms with Crippen molar-refractivity contribution in [3.05, 3.63) is 24.0 Å². The molecule has 0 fully saturated rings.